The minimum atomic E-state index is 0. The zero-order valence-electron chi connectivity index (χ0n) is 9.22. The summed E-state index contributed by atoms with van der Waals surface area (Å²) in [5.41, 5.74) is 1.88. The highest BCUT2D eigenvalue weighted by molar-refractivity contribution is 5.80. The summed E-state index contributed by atoms with van der Waals surface area (Å²) in [4.78, 5) is 0. The molecule has 0 saturated heterocycles. The molecule has 2 rings (SSSR count). The Morgan fingerprint density at radius 3 is 1.82 bits per heavy atom. The maximum atomic E-state index is 8.96. The average molecular weight is 243 g/mol. The molecule has 0 spiro atoms. The molecule has 0 heterocycles. The first-order valence-electron chi connectivity index (χ1n) is 5.04. The Balaban J connectivity index is 0.000000292. The smallest absolute Gasteiger partial charge is 0.187 e. The highest BCUT2D eigenvalue weighted by Gasteiger charge is 1.91. The molecule has 2 N–H and O–H groups in total. The summed E-state index contributed by atoms with van der Waals surface area (Å²) < 4.78 is 0. The normalized spacial score (nSPS) is 8.29. The molecule has 3 heteroatoms. The number of rotatable bonds is 1. The predicted molar refractivity (Wildman–Crippen MR) is 77.1 cm³/mol. The molecule has 0 amide bonds. The molecule has 0 unspecified atom stereocenters. The Bertz CT molecular complexity index is 443. The van der Waals surface area contributed by atoms with Gasteiger partial charge in [-0.2, -0.15) is 0 Å². The van der Waals surface area contributed by atoms with Gasteiger partial charge in [0.25, 0.3) is 0 Å². The SMILES string of the molecule is Cc1ccccc1.N=Cc1ccccc1O.[AlH3]. The lowest BCUT2D eigenvalue weighted by Crippen LogP contribution is -1.77. The van der Waals surface area contributed by atoms with Crippen molar-refractivity contribution >= 4 is 23.6 Å². The topological polar surface area (TPSA) is 44.1 Å². The van der Waals surface area contributed by atoms with Gasteiger partial charge in [-0.3, -0.25) is 0 Å². The van der Waals surface area contributed by atoms with Crippen molar-refractivity contribution in [1.29, 1.82) is 5.41 Å². The quantitative estimate of drug-likeness (QED) is 0.585. The minimum Gasteiger partial charge on any atom is -0.507 e. The predicted octanol–water partition coefficient (Wildman–Crippen LogP) is 2.20. The zero-order chi connectivity index (χ0) is 11.8. The van der Waals surface area contributed by atoms with Crippen LogP contribution in [0.3, 0.4) is 0 Å². The molecule has 0 bridgehead atoms. The van der Waals surface area contributed by atoms with Crippen LogP contribution in [0.1, 0.15) is 11.1 Å². The van der Waals surface area contributed by atoms with Crippen molar-refractivity contribution in [2.24, 2.45) is 0 Å². The number of nitrogens with one attached hydrogen (secondary N) is 1. The van der Waals surface area contributed by atoms with Crippen LogP contribution in [0.4, 0.5) is 0 Å². The molecule has 88 valence electrons. The van der Waals surface area contributed by atoms with E-state index in [2.05, 4.69) is 19.1 Å². The minimum absolute atomic E-state index is 0. The molecule has 2 aromatic carbocycles. The molecule has 0 saturated carbocycles. The summed E-state index contributed by atoms with van der Waals surface area (Å²) in [6, 6.07) is 17.0. The molecule has 0 radical (unpaired) electrons. The van der Waals surface area contributed by atoms with E-state index in [0.717, 1.165) is 6.21 Å². The maximum absolute atomic E-state index is 8.96. The molecule has 0 aliphatic carbocycles. The van der Waals surface area contributed by atoms with Gasteiger partial charge in [-0.1, -0.05) is 48.0 Å². The second-order valence-corrected chi connectivity index (χ2v) is 3.36. The van der Waals surface area contributed by atoms with Crippen molar-refractivity contribution in [1.82, 2.24) is 0 Å². The van der Waals surface area contributed by atoms with Gasteiger partial charge in [0.1, 0.15) is 5.75 Å². The maximum Gasteiger partial charge on any atom is 0.187 e. The standard InChI is InChI=1S/C7H7NO.C7H8.Al.3H/c8-5-6-3-1-2-4-7(6)9;1-7-5-3-2-4-6-7;;;;/h1-5,8-9H;2-6H,1H3;;;;. The first-order valence-corrected chi connectivity index (χ1v) is 5.04. The Kier molecular flexibility index (Phi) is 7.79. The van der Waals surface area contributed by atoms with E-state index >= 15 is 0 Å². The van der Waals surface area contributed by atoms with Crippen LogP contribution in [0.2, 0.25) is 0 Å². The fourth-order valence-electron chi connectivity index (χ4n) is 1.14. The number of benzene rings is 2. The highest BCUT2D eigenvalue weighted by atomic mass is 27.0. The second-order valence-electron chi connectivity index (χ2n) is 3.36. The largest absolute Gasteiger partial charge is 0.507 e. The first-order chi connectivity index (χ1) is 7.74. The lowest BCUT2D eigenvalue weighted by Gasteiger charge is -1.92. The third-order valence-electron chi connectivity index (χ3n) is 2.03. The third kappa shape index (κ3) is 5.91. The van der Waals surface area contributed by atoms with Crippen molar-refractivity contribution in [2.45, 2.75) is 6.92 Å². The fourth-order valence-corrected chi connectivity index (χ4v) is 1.14. The summed E-state index contributed by atoms with van der Waals surface area (Å²) in [6.07, 6.45) is 1.12. The van der Waals surface area contributed by atoms with Gasteiger partial charge in [0.2, 0.25) is 0 Å². The molecule has 0 aliphatic rings. The lowest BCUT2D eigenvalue weighted by molar-refractivity contribution is 0.474. The second kappa shape index (κ2) is 8.58. The Labute approximate surface area is 113 Å². The van der Waals surface area contributed by atoms with E-state index in [1.54, 1.807) is 24.3 Å². The summed E-state index contributed by atoms with van der Waals surface area (Å²) in [6.45, 7) is 2.08. The van der Waals surface area contributed by atoms with Crippen molar-refractivity contribution in [3.05, 3.63) is 65.7 Å². The van der Waals surface area contributed by atoms with Gasteiger partial charge in [-0.05, 0) is 19.1 Å². The van der Waals surface area contributed by atoms with Gasteiger partial charge in [-0.25, -0.2) is 0 Å². The molecule has 2 nitrogen and oxygen atoms in total. The van der Waals surface area contributed by atoms with E-state index in [1.807, 2.05) is 18.2 Å². The fraction of sp³-hybridized carbons (Fsp3) is 0.0714. The molecule has 0 fully saturated rings. The summed E-state index contributed by atoms with van der Waals surface area (Å²) >= 11 is 0. The number of para-hydroxylation sites is 1. The van der Waals surface area contributed by atoms with Gasteiger partial charge in [0.05, 0.1) is 0 Å². The van der Waals surface area contributed by atoms with Crippen LogP contribution in [0.5, 0.6) is 5.75 Å². The van der Waals surface area contributed by atoms with Crippen LogP contribution >= 0.6 is 0 Å². The van der Waals surface area contributed by atoms with E-state index in [-0.39, 0.29) is 23.1 Å². The average Bonchev–Trinajstić information content (AvgIpc) is 2.31. The van der Waals surface area contributed by atoms with Gasteiger partial charge in [0.15, 0.2) is 17.4 Å². The van der Waals surface area contributed by atoms with Gasteiger partial charge < -0.3 is 10.5 Å². The van der Waals surface area contributed by atoms with Crippen LogP contribution in [-0.4, -0.2) is 28.7 Å². The molecule has 0 aromatic heterocycles. The van der Waals surface area contributed by atoms with Crippen molar-refractivity contribution in [2.75, 3.05) is 0 Å². The monoisotopic (exact) mass is 243 g/mol. The Morgan fingerprint density at radius 2 is 1.47 bits per heavy atom. The van der Waals surface area contributed by atoms with Crippen molar-refractivity contribution < 1.29 is 5.11 Å². The summed E-state index contributed by atoms with van der Waals surface area (Å²) in [5, 5.41) is 15.8. The van der Waals surface area contributed by atoms with Crippen LogP contribution in [0.15, 0.2) is 54.6 Å². The summed E-state index contributed by atoms with van der Waals surface area (Å²) in [5.74, 6) is 0.160. The van der Waals surface area contributed by atoms with E-state index < -0.39 is 0 Å². The first kappa shape index (κ1) is 15.4. The number of hydrogen-bond acceptors (Lipinski definition) is 2. The van der Waals surface area contributed by atoms with Crippen molar-refractivity contribution in [3.63, 3.8) is 0 Å². The third-order valence-corrected chi connectivity index (χ3v) is 2.03. The van der Waals surface area contributed by atoms with Crippen LogP contribution in [0, 0.1) is 12.3 Å². The lowest BCUT2D eigenvalue weighted by atomic mass is 10.2. The van der Waals surface area contributed by atoms with E-state index in [1.165, 1.54) is 5.56 Å². The van der Waals surface area contributed by atoms with Gasteiger partial charge in [-0.15, -0.1) is 0 Å². The Hall–Kier alpha value is -1.56. The molecular weight excluding hydrogens is 225 g/mol. The van der Waals surface area contributed by atoms with Crippen molar-refractivity contribution in [3.8, 4) is 5.75 Å². The number of phenols is 1. The van der Waals surface area contributed by atoms with E-state index in [9.17, 15) is 0 Å². The van der Waals surface area contributed by atoms with Crippen LogP contribution in [0.25, 0.3) is 0 Å². The van der Waals surface area contributed by atoms with Gasteiger partial charge in [0, 0.05) is 11.8 Å². The number of hydrogen-bond donors (Lipinski definition) is 2. The van der Waals surface area contributed by atoms with E-state index in [0.29, 0.717) is 5.56 Å². The zero-order valence-corrected chi connectivity index (χ0v) is 9.22. The van der Waals surface area contributed by atoms with Gasteiger partial charge >= 0.3 is 0 Å². The summed E-state index contributed by atoms with van der Waals surface area (Å²) in [7, 11) is 0. The molecule has 0 atom stereocenters. The molecule has 17 heavy (non-hydrogen) atoms. The number of phenolic OH excluding ortho intramolecular Hbond substituents is 1. The highest BCUT2D eigenvalue weighted by Crippen LogP contribution is 2.11. The molecule has 0 aliphatic heterocycles. The Morgan fingerprint density at radius 1 is 0.941 bits per heavy atom. The molecule has 2 aromatic rings. The van der Waals surface area contributed by atoms with Crippen LogP contribution in [-0.2, 0) is 0 Å². The number of aromatic hydroxyl groups is 1. The molecular formula is C14H18AlNO. The van der Waals surface area contributed by atoms with Crippen LogP contribution < -0.4 is 0 Å². The number of aryl methyl sites for hydroxylation is 1. The van der Waals surface area contributed by atoms with E-state index in [4.69, 9.17) is 10.5 Å².